The van der Waals surface area contributed by atoms with Crippen molar-refractivity contribution in [3.05, 3.63) is 62.6 Å². The molecule has 0 unspecified atom stereocenters. The normalized spacial score (nSPS) is 17.4. The number of fused-ring (bicyclic) bond motifs is 1. The second kappa shape index (κ2) is 9.40. The van der Waals surface area contributed by atoms with E-state index < -0.39 is 30.3 Å². The smallest absolute Gasteiger partial charge is 0.338 e. The molecule has 0 spiro atoms. The molecule has 8 nitrogen and oxygen atoms in total. The highest BCUT2D eigenvalue weighted by atomic mass is 79.9. The van der Waals surface area contributed by atoms with Crippen molar-refractivity contribution in [2.75, 3.05) is 25.1 Å². The number of esters is 1. The first-order chi connectivity index (χ1) is 15.3. The van der Waals surface area contributed by atoms with E-state index in [-0.39, 0.29) is 29.3 Å². The number of carbonyl (C=O) groups excluding carboxylic acids is 4. The molecule has 2 heterocycles. The average Bonchev–Trinajstić information content (AvgIpc) is 3.37. The topological polar surface area (TPSA) is 102 Å². The summed E-state index contributed by atoms with van der Waals surface area (Å²) in [4.78, 5) is 50.9. The van der Waals surface area contributed by atoms with Gasteiger partial charge in [0.05, 0.1) is 40.0 Å². The van der Waals surface area contributed by atoms with E-state index in [1.165, 1.54) is 18.2 Å². The first-order valence-corrected chi connectivity index (χ1v) is 11.0. The third kappa shape index (κ3) is 4.69. The molecule has 0 saturated carbocycles. The fraction of sp³-hybridized carbons (Fsp3) is 0.273. The van der Waals surface area contributed by atoms with Gasteiger partial charge in [0.25, 0.3) is 17.7 Å². The van der Waals surface area contributed by atoms with Crippen LogP contribution in [-0.4, -0.2) is 54.5 Å². The molecule has 0 bridgehead atoms. The molecule has 0 aromatic heterocycles. The van der Waals surface area contributed by atoms with Gasteiger partial charge >= 0.3 is 5.97 Å². The van der Waals surface area contributed by atoms with E-state index in [1.807, 2.05) is 0 Å². The van der Waals surface area contributed by atoms with Gasteiger partial charge in [0.1, 0.15) is 0 Å². The number of hydrogen-bond acceptors (Lipinski definition) is 6. The van der Waals surface area contributed by atoms with Crippen LogP contribution in [0.25, 0.3) is 0 Å². The molecule has 0 aliphatic carbocycles. The van der Waals surface area contributed by atoms with E-state index in [4.69, 9.17) is 21.1 Å². The monoisotopic (exact) mass is 520 g/mol. The van der Waals surface area contributed by atoms with Crippen molar-refractivity contribution in [1.29, 1.82) is 0 Å². The molecule has 166 valence electrons. The van der Waals surface area contributed by atoms with E-state index in [9.17, 15) is 19.2 Å². The van der Waals surface area contributed by atoms with Crippen LogP contribution in [0.15, 0.2) is 40.9 Å². The van der Waals surface area contributed by atoms with Gasteiger partial charge in [0.2, 0.25) is 0 Å². The van der Waals surface area contributed by atoms with Gasteiger partial charge in [-0.1, -0.05) is 27.5 Å². The molecule has 1 fully saturated rings. The summed E-state index contributed by atoms with van der Waals surface area (Å²) in [6.45, 7) is 0.261. The molecule has 3 amide bonds. The SMILES string of the molecule is O=C(COC(=O)c1ccc2c(c1)C(=O)N(C[C@H]1CCCO1)C2=O)Nc1ccc(Br)cc1Cl. The molecule has 2 aliphatic heterocycles. The second-order valence-corrected chi connectivity index (χ2v) is 8.69. The number of benzene rings is 2. The van der Waals surface area contributed by atoms with Gasteiger partial charge in [-0.05, 0) is 49.2 Å². The Hall–Kier alpha value is -2.75. The Balaban J connectivity index is 1.38. The fourth-order valence-corrected chi connectivity index (χ4v) is 4.29. The number of nitrogens with zero attached hydrogens (tertiary/aromatic N) is 1. The number of hydrogen-bond donors (Lipinski definition) is 1. The molecule has 0 radical (unpaired) electrons. The summed E-state index contributed by atoms with van der Waals surface area (Å²) in [5.41, 5.74) is 0.808. The van der Waals surface area contributed by atoms with Crippen LogP contribution in [0.2, 0.25) is 5.02 Å². The third-order valence-corrected chi connectivity index (χ3v) is 5.96. The van der Waals surface area contributed by atoms with E-state index >= 15 is 0 Å². The van der Waals surface area contributed by atoms with Crippen molar-refractivity contribution < 1.29 is 28.7 Å². The summed E-state index contributed by atoms with van der Waals surface area (Å²) in [6.07, 6.45) is 1.52. The first-order valence-electron chi connectivity index (χ1n) is 9.87. The maximum Gasteiger partial charge on any atom is 0.338 e. The maximum absolute atomic E-state index is 12.7. The predicted molar refractivity (Wildman–Crippen MR) is 119 cm³/mol. The minimum absolute atomic E-state index is 0.0679. The lowest BCUT2D eigenvalue weighted by molar-refractivity contribution is -0.119. The standard InChI is InChI=1S/C22H18BrClN2O6/c23-13-4-6-18(17(24)9-13)25-19(27)11-32-22(30)12-3-5-15-16(8-12)21(29)26(20(15)28)10-14-2-1-7-31-14/h3-6,8-9,14H,1-2,7,10-11H2,(H,25,27)/t14-/m1/s1. The van der Waals surface area contributed by atoms with Crippen LogP contribution in [0, 0.1) is 0 Å². The second-order valence-electron chi connectivity index (χ2n) is 7.36. The summed E-state index contributed by atoms with van der Waals surface area (Å²) in [6, 6.07) is 9.07. The van der Waals surface area contributed by atoms with Gasteiger partial charge in [0.15, 0.2) is 6.61 Å². The number of anilines is 1. The third-order valence-electron chi connectivity index (χ3n) is 5.16. The molecule has 10 heteroatoms. The van der Waals surface area contributed by atoms with Crippen LogP contribution < -0.4 is 5.32 Å². The zero-order valence-corrected chi connectivity index (χ0v) is 19.1. The Kier molecular flexibility index (Phi) is 6.59. The van der Waals surface area contributed by atoms with Gasteiger partial charge in [0, 0.05) is 11.1 Å². The van der Waals surface area contributed by atoms with E-state index in [2.05, 4.69) is 21.2 Å². The highest BCUT2D eigenvalue weighted by Crippen LogP contribution is 2.27. The number of amides is 3. The molecule has 1 saturated heterocycles. The number of nitrogens with one attached hydrogen (secondary N) is 1. The van der Waals surface area contributed by atoms with Crippen LogP contribution in [0.5, 0.6) is 0 Å². The molecule has 2 aromatic carbocycles. The molecular weight excluding hydrogens is 504 g/mol. The average molecular weight is 522 g/mol. The van der Waals surface area contributed by atoms with Crippen LogP contribution in [0.3, 0.4) is 0 Å². The molecule has 1 atom stereocenters. The van der Waals surface area contributed by atoms with E-state index in [1.54, 1.807) is 18.2 Å². The van der Waals surface area contributed by atoms with Crippen LogP contribution in [0.4, 0.5) is 5.69 Å². The Morgan fingerprint density at radius 3 is 2.66 bits per heavy atom. The van der Waals surface area contributed by atoms with Gasteiger partial charge in [-0.15, -0.1) is 0 Å². The van der Waals surface area contributed by atoms with Gasteiger partial charge < -0.3 is 14.8 Å². The highest BCUT2D eigenvalue weighted by molar-refractivity contribution is 9.10. The minimum atomic E-state index is -0.789. The summed E-state index contributed by atoms with van der Waals surface area (Å²) in [5, 5.41) is 2.88. The summed E-state index contributed by atoms with van der Waals surface area (Å²) < 4.78 is 11.3. The zero-order chi connectivity index (χ0) is 22.8. The Morgan fingerprint density at radius 2 is 1.94 bits per heavy atom. The zero-order valence-electron chi connectivity index (χ0n) is 16.7. The van der Waals surface area contributed by atoms with Gasteiger partial charge in [-0.2, -0.15) is 0 Å². The van der Waals surface area contributed by atoms with Gasteiger partial charge in [-0.3, -0.25) is 19.3 Å². The summed E-state index contributed by atoms with van der Waals surface area (Å²) in [5.74, 6) is -2.25. The lowest BCUT2D eigenvalue weighted by Gasteiger charge is -2.17. The summed E-state index contributed by atoms with van der Waals surface area (Å²) >= 11 is 9.32. The molecule has 4 rings (SSSR count). The van der Waals surface area contributed by atoms with Crippen molar-refractivity contribution >= 4 is 56.9 Å². The largest absolute Gasteiger partial charge is 0.452 e. The first kappa shape index (κ1) is 22.4. The summed E-state index contributed by atoms with van der Waals surface area (Å²) in [7, 11) is 0. The van der Waals surface area contributed by atoms with Gasteiger partial charge in [-0.25, -0.2) is 4.79 Å². The highest BCUT2D eigenvalue weighted by Gasteiger charge is 2.38. The maximum atomic E-state index is 12.7. The van der Waals surface area contributed by atoms with Crippen molar-refractivity contribution in [3.8, 4) is 0 Å². The number of imide groups is 1. The number of halogens is 2. The molecule has 32 heavy (non-hydrogen) atoms. The molecule has 1 N–H and O–H groups in total. The fourth-order valence-electron chi connectivity index (χ4n) is 3.57. The van der Waals surface area contributed by atoms with Crippen LogP contribution in [-0.2, 0) is 14.3 Å². The predicted octanol–water partition coefficient (Wildman–Crippen LogP) is 3.67. The van der Waals surface area contributed by atoms with Crippen molar-refractivity contribution in [3.63, 3.8) is 0 Å². The number of carbonyl (C=O) groups is 4. The van der Waals surface area contributed by atoms with Crippen LogP contribution in [0.1, 0.15) is 43.9 Å². The molecular formula is C22H18BrClN2O6. The molecule has 2 aromatic rings. The molecule has 2 aliphatic rings. The van der Waals surface area contributed by atoms with Crippen molar-refractivity contribution in [1.82, 2.24) is 4.90 Å². The van der Waals surface area contributed by atoms with E-state index in [0.717, 1.165) is 22.2 Å². The Bertz CT molecular complexity index is 1120. The minimum Gasteiger partial charge on any atom is -0.452 e. The Morgan fingerprint density at radius 1 is 1.16 bits per heavy atom. The lowest BCUT2D eigenvalue weighted by atomic mass is 10.1. The number of rotatable bonds is 6. The van der Waals surface area contributed by atoms with Crippen molar-refractivity contribution in [2.45, 2.75) is 18.9 Å². The van der Waals surface area contributed by atoms with Crippen molar-refractivity contribution in [2.24, 2.45) is 0 Å². The quantitative estimate of drug-likeness (QED) is 0.460. The number of ether oxygens (including phenoxy) is 2. The van der Waals surface area contributed by atoms with Crippen LogP contribution >= 0.6 is 27.5 Å². The Labute approximate surface area is 196 Å². The van der Waals surface area contributed by atoms with E-state index in [0.29, 0.717) is 17.3 Å². The lowest BCUT2D eigenvalue weighted by Crippen LogP contribution is -2.36.